The summed E-state index contributed by atoms with van der Waals surface area (Å²) < 4.78 is 5.63. The fourth-order valence-corrected chi connectivity index (χ4v) is 4.90. The van der Waals surface area contributed by atoms with Gasteiger partial charge in [-0.1, -0.05) is 12.8 Å². The minimum absolute atomic E-state index is 0.0630. The molecule has 102 valence electrons. The molecule has 0 aromatic carbocycles. The maximum absolute atomic E-state index is 11.4. The van der Waals surface area contributed by atoms with Crippen LogP contribution in [0.3, 0.4) is 0 Å². The summed E-state index contributed by atoms with van der Waals surface area (Å²) in [4.78, 5) is 11.4. The molecule has 0 amide bonds. The second kappa shape index (κ2) is 3.94. The molecule has 0 spiro atoms. The minimum Gasteiger partial charge on any atom is -0.458 e. The van der Waals surface area contributed by atoms with Crippen molar-refractivity contribution in [2.45, 2.75) is 69.2 Å². The summed E-state index contributed by atoms with van der Waals surface area (Å²) in [5, 5.41) is 21.1. The molecule has 4 nitrogen and oxygen atoms in total. The number of aliphatic hydroxyl groups excluding tert-OH is 1. The van der Waals surface area contributed by atoms with Crippen molar-refractivity contribution in [3.05, 3.63) is 0 Å². The average Bonchev–Trinajstić information content (AvgIpc) is 2.61. The highest BCUT2D eigenvalue weighted by Crippen LogP contribution is 2.66. The molecule has 0 aromatic heterocycles. The molecule has 18 heavy (non-hydrogen) atoms. The molecule has 3 aliphatic rings. The first-order chi connectivity index (χ1) is 8.52. The van der Waals surface area contributed by atoms with Gasteiger partial charge in [-0.25, -0.2) is 0 Å². The van der Waals surface area contributed by atoms with Crippen LogP contribution in [0.1, 0.15) is 51.9 Å². The van der Waals surface area contributed by atoms with Gasteiger partial charge in [-0.3, -0.25) is 4.79 Å². The van der Waals surface area contributed by atoms with Crippen molar-refractivity contribution in [2.24, 2.45) is 11.8 Å². The summed E-state index contributed by atoms with van der Waals surface area (Å²) in [5.41, 5.74) is -1.49. The lowest BCUT2D eigenvalue weighted by molar-refractivity contribution is -0.312. The number of hydrogen-bond acceptors (Lipinski definition) is 4. The summed E-state index contributed by atoms with van der Waals surface area (Å²) in [6.07, 6.45) is 5.49. The molecule has 3 fully saturated rings. The Kier molecular flexibility index (Phi) is 2.72. The molecule has 0 saturated heterocycles. The summed E-state index contributed by atoms with van der Waals surface area (Å²) in [7, 11) is 0. The number of fused-ring (bicyclic) bond motifs is 4. The normalized spacial score (nSPS) is 50.7. The van der Waals surface area contributed by atoms with Gasteiger partial charge >= 0.3 is 5.97 Å². The van der Waals surface area contributed by atoms with Crippen molar-refractivity contribution in [3.63, 3.8) is 0 Å². The highest BCUT2D eigenvalue weighted by atomic mass is 16.6. The van der Waals surface area contributed by atoms with E-state index in [4.69, 9.17) is 4.74 Å². The van der Waals surface area contributed by atoms with E-state index in [1.807, 2.05) is 0 Å². The van der Waals surface area contributed by atoms with Gasteiger partial charge in [0.25, 0.3) is 0 Å². The Morgan fingerprint density at radius 1 is 1.17 bits per heavy atom. The lowest BCUT2D eigenvalue weighted by Gasteiger charge is -2.63. The van der Waals surface area contributed by atoms with Gasteiger partial charge in [-0.2, -0.15) is 0 Å². The van der Waals surface area contributed by atoms with Crippen molar-refractivity contribution in [2.75, 3.05) is 0 Å². The molecule has 0 bridgehead atoms. The van der Waals surface area contributed by atoms with Crippen LogP contribution in [0.25, 0.3) is 0 Å². The Morgan fingerprint density at radius 3 is 2.44 bits per heavy atom. The van der Waals surface area contributed by atoms with Crippen LogP contribution >= 0.6 is 0 Å². The molecular formula is C14H22O4. The zero-order chi connectivity index (χ0) is 13.0. The van der Waals surface area contributed by atoms with E-state index in [9.17, 15) is 15.0 Å². The smallest absolute Gasteiger partial charge is 0.303 e. The summed E-state index contributed by atoms with van der Waals surface area (Å²) >= 11 is 0. The molecule has 0 heterocycles. The average molecular weight is 254 g/mol. The fourth-order valence-electron chi connectivity index (χ4n) is 4.90. The van der Waals surface area contributed by atoms with Gasteiger partial charge in [0.15, 0.2) is 0 Å². The van der Waals surface area contributed by atoms with E-state index in [1.165, 1.54) is 6.92 Å². The molecule has 0 aromatic rings. The molecule has 3 aliphatic carbocycles. The predicted molar refractivity (Wildman–Crippen MR) is 64.8 cm³/mol. The fraction of sp³-hybridized carbons (Fsp3) is 0.929. The first-order valence-electron chi connectivity index (χ1n) is 7.12. The van der Waals surface area contributed by atoms with E-state index < -0.39 is 17.3 Å². The van der Waals surface area contributed by atoms with Crippen LogP contribution in [-0.2, 0) is 9.53 Å². The highest BCUT2D eigenvalue weighted by molar-refractivity contribution is 5.67. The first kappa shape index (κ1) is 12.4. The van der Waals surface area contributed by atoms with Gasteiger partial charge in [0.2, 0.25) is 0 Å². The third-order valence-corrected chi connectivity index (χ3v) is 5.44. The SMILES string of the molecule is CC(=O)O[C@]12CCC[C@@H]1[C@]1(O)[C@@H]2CCCC[C@@H]1O. The molecule has 5 atom stereocenters. The molecule has 2 N–H and O–H groups in total. The predicted octanol–water partition coefficient (Wildman–Crippen LogP) is 1.38. The third-order valence-electron chi connectivity index (χ3n) is 5.44. The molecule has 3 saturated carbocycles. The van der Waals surface area contributed by atoms with Gasteiger partial charge in [-0.15, -0.1) is 0 Å². The van der Waals surface area contributed by atoms with Crippen LogP contribution in [0.4, 0.5) is 0 Å². The number of esters is 1. The number of hydrogen-bond donors (Lipinski definition) is 2. The second-order valence-corrected chi connectivity index (χ2v) is 6.23. The van der Waals surface area contributed by atoms with Gasteiger partial charge in [0.1, 0.15) is 11.2 Å². The molecule has 0 radical (unpaired) electrons. The largest absolute Gasteiger partial charge is 0.458 e. The maximum Gasteiger partial charge on any atom is 0.303 e. The number of ether oxygens (including phenoxy) is 1. The quantitative estimate of drug-likeness (QED) is 0.694. The van der Waals surface area contributed by atoms with Crippen molar-refractivity contribution in [3.8, 4) is 0 Å². The van der Waals surface area contributed by atoms with Crippen LogP contribution in [0.15, 0.2) is 0 Å². The van der Waals surface area contributed by atoms with E-state index in [0.717, 1.165) is 38.5 Å². The summed E-state index contributed by atoms with van der Waals surface area (Å²) in [6, 6.07) is 0. The van der Waals surface area contributed by atoms with Crippen molar-refractivity contribution >= 4 is 5.97 Å². The standard InChI is InChI=1S/C14H22O4/c1-9(15)18-13-8-4-6-11(13)14(17)10(13)5-2-3-7-12(14)16/h10-12,16-17H,2-8H2,1H3/t10-,11+,12+,13+,14-/m1/s1. The van der Waals surface area contributed by atoms with E-state index in [-0.39, 0.29) is 17.8 Å². The second-order valence-electron chi connectivity index (χ2n) is 6.23. The molecule has 4 heteroatoms. The van der Waals surface area contributed by atoms with E-state index in [0.29, 0.717) is 6.42 Å². The van der Waals surface area contributed by atoms with Crippen LogP contribution in [0.2, 0.25) is 0 Å². The molecular weight excluding hydrogens is 232 g/mol. The Balaban J connectivity index is 1.94. The summed E-state index contributed by atoms with van der Waals surface area (Å²) in [6.45, 7) is 1.44. The number of carbonyl (C=O) groups is 1. The first-order valence-corrected chi connectivity index (χ1v) is 7.12. The van der Waals surface area contributed by atoms with Crippen LogP contribution in [0, 0.1) is 11.8 Å². The van der Waals surface area contributed by atoms with Gasteiger partial charge in [0, 0.05) is 18.8 Å². The Hall–Kier alpha value is -0.610. The van der Waals surface area contributed by atoms with E-state index in [2.05, 4.69) is 0 Å². The Bertz CT molecular complexity index is 369. The van der Waals surface area contributed by atoms with E-state index in [1.54, 1.807) is 0 Å². The van der Waals surface area contributed by atoms with Gasteiger partial charge in [0.05, 0.1) is 6.10 Å². The van der Waals surface area contributed by atoms with Gasteiger partial charge < -0.3 is 14.9 Å². The lowest BCUT2D eigenvalue weighted by Crippen LogP contribution is -2.76. The van der Waals surface area contributed by atoms with E-state index >= 15 is 0 Å². The molecule has 0 unspecified atom stereocenters. The van der Waals surface area contributed by atoms with Crippen LogP contribution in [0.5, 0.6) is 0 Å². The van der Waals surface area contributed by atoms with Gasteiger partial charge in [-0.05, 0) is 32.1 Å². The zero-order valence-electron chi connectivity index (χ0n) is 10.9. The minimum atomic E-state index is -1.01. The Labute approximate surface area is 107 Å². The topological polar surface area (TPSA) is 66.8 Å². The van der Waals surface area contributed by atoms with Crippen molar-refractivity contribution in [1.29, 1.82) is 0 Å². The van der Waals surface area contributed by atoms with Crippen molar-refractivity contribution < 1.29 is 19.7 Å². The lowest BCUT2D eigenvalue weighted by atomic mass is 9.49. The number of aliphatic hydroxyl groups is 2. The van der Waals surface area contributed by atoms with Crippen LogP contribution in [-0.4, -0.2) is 33.5 Å². The highest BCUT2D eigenvalue weighted by Gasteiger charge is 2.75. The molecule has 3 rings (SSSR count). The third kappa shape index (κ3) is 1.36. The summed E-state index contributed by atoms with van der Waals surface area (Å²) in [5.74, 6) is -0.395. The molecule has 0 aliphatic heterocycles. The maximum atomic E-state index is 11.4. The number of rotatable bonds is 1. The monoisotopic (exact) mass is 254 g/mol. The number of carbonyl (C=O) groups excluding carboxylic acids is 1. The zero-order valence-corrected chi connectivity index (χ0v) is 10.9. The van der Waals surface area contributed by atoms with Crippen molar-refractivity contribution in [1.82, 2.24) is 0 Å². The Morgan fingerprint density at radius 2 is 1.78 bits per heavy atom. The van der Waals surface area contributed by atoms with Crippen LogP contribution < -0.4 is 0 Å².